The van der Waals surface area contributed by atoms with E-state index in [4.69, 9.17) is 14.4 Å². The molecule has 1 aromatic carbocycles. The second-order valence-electron chi connectivity index (χ2n) is 3.44. The van der Waals surface area contributed by atoms with Crippen LogP contribution in [0.1, 0.15) is 16.1 Å². The number of aromatic carboxylic acids is 1. The summed E-state index contributed by atoms with van der Waals surface area (Å²) in [5.74, 6) is -0.546. The van der Waals surface area contributed by atoms with Gasteiger partial charge in [0.25, 0.3) is 0 Å². The number of carbonyl (C=O) groups is 1. The molecular formula is C11H7NO4. The number of benzene rings is 1. The summed E-state index contributed by atoms with van der Waals surface area (Å²) in [4.78, 5) is 10.8. The van der Waals surface area contributed by atoms with Crippen LogP contribution in [-0.2, 0) is 6.61 Å². The highest BCUT2D eigenvalue weighted by molar-refractivity contribution is 5.91. The van der Waals surface area contributed by atoms with Gasteiger partial charge < -0.3 is 14.4 Å². The van der Waals surface area contributed by atoms with Gasteiger partial charge in [-0.3, -0.25) is 0 Å². The topological polar surface area (TPSA) is 72.6 Å². The van der Waals surface area contributed by atoms with E-state index in [9.17, 15) is 4.79 Å². The number of rotatable bonds is 1. The summed E-state index contributed by atoms with van der Waals surface area (Å²) in [6.07, 6.45) is 0. The van der Waals surface area contributed by atoms with Crippen LogP contribution < -0.4 is 4.74 Å². The number of hydrogen-bond acceptors (Lipinski definition) is 4. The van der Waals surface area contributed by atoms with Gasteiger partial charge in [-0.2, -0.15) is 0 Å². The van der Waals surface area contributed by atoms with E-state index < -0.39 is 5.97 Å². The van der Waals surface area contributed by atoms with Crippen molar-refractivity contribution in [1.29, 1.82) is 0 Å². The van der Waals surface area contributed by atoms with Gasteiger partial charge in [0.1, 0.15) is 6.61 Å². The molecule has 0 amide bonds. The molecule has 0 atom stereocenters. The number of nitrogens with zero attached hydrogens (tertiary/aromatic N) is 1. The van der Waals surface area contributed by atoms with Crippen LogP contribution in [-0.4, -0.2) is 16.2 Å². The lowest BCUT2D eigenvalue weighted by Crippen LogP contribution is -2.07. The fourth-order valence-electron chi connectivity index (χ4n) is 1.74. The molecule has 5 heteroatoms. The fourth-order valence-corrected chi connectivity index (χ4v) is 1.74. The van der Waals surface area contributed by atoms with Gasteiger partial charge in [-0.05, 0) is 0 Å². The van der Waals surface area contributed by atoms with Crippen molar-refractivity contribution < 1.29 is 19.2 Å². The Balaban J connectivity index is 2.23. The minimum Gasteiger partial charge on any atom is -0.482 e. The Morgan fingerprint density at radius 2 is 2.19 bits per heavy atom. The van der Waals surface area contributed by atoms with Crippen LogP contribution in [0, 0.1) is 0 Å². The molecule has 3 rings (SSSR count). The van der Waals surface area contributed by atoms with Gasteiger partial charge in [0.15, 0.2) is 0 Å². The first kappa shape index (κ1) is 8.96. The van der Waals surface area contributed by atoms with Crippen molar-refractivity contribution >= 4 is 5.97 Å². The van der Waals surface area contributed by atoms with Crippen molar-refractivity contribution in [1.82, 2.24) is 5.16 Å². The summed E-state index contributed by atoms with van der Waals surface area (Å²) in [7, 11) is 0. The molecule has 1 aliphatic heterocycles. The lowest BCUT2D eigenvalue weighted by Gasteiger charge is -2.15. The quantitative estimate of drug-likeness (QED) is 0.790. The third-order valence-electron chi connectivity index (χ3n) is 2.49. The molecule has 0 aliphatic carbocycles. The number of carboxylic acid groups (broad SMARTS) is 1. The standard InChI is InChI=1S/C11H7NO4/c13-11(14)8-10-9(16-12-8)7-4-2-1-3-6(7)5-15-10/h1-4H,5H2,(H,13,14). The van der Waals surface area contributed by atoms with Gasteiger partial charge in [0, 0.05) is 11.1 Å². The average Bonchev–Trinajstić information content (AvgIpc) is 2.73. The second-order valence-corrected chi connectivity index (χ2v) is 3.44. The highest BCUT2D eigenvalue weighted by Crippen LogP contribution is 2.39. The minimum atomic E-state index is -1.15. The molecule has 0 unspecified atom stereocenters. The van der Waals surface area contributed by atoms with E-state index in [1.165, 1.54) is 0 Å². The summed E-state index contributed by atoms with van der Waals surface area (Å²) in [6, 6.07) is 7.51. The Kier molecular flexibility index (Phi) is 1.73. The summed E-state index contributed by atoms with van der Waals surface area (Å²) in [6.45, 7) is 0.338. The molecule has 5 nitrogen and oxygen atoms in total. The predicted octanol–water partition coefficient (Wildman–Crippen LogP) is 1.93. The highest BCUT2D eigenvalue weighted by Gasteiger charge is 2.28. The van der Waals surface area contributed by atoms with Gasteiger partial charge in [0.2, 0.25) is 17.2 Å². The Labute approximate surface area is 90.2 Å². The van der Waals surface area contributed by atoms with Crippen LogP contribution in [0.25, 0.3) is 11.3 Å². The molecule has 0 spiro atoms. The number of aromatic nitrogens is 1. The second kappa shape index (κ2) is 3.10. The first-order chi connectivity index (χ1) is 7.77. The zero-order chi connectivity index (χ0) is 11.1. The average molecular weight is 217 g/mol. The molecule has 1 N–H and O–H groups in total. The Bertz CT molecular complexity index is 573. The number of hydrogen-bond donors (Lipinski definition) is 1. The van der Waals surface area contributed by atoms with Crippen molar-refractivity contribution in [3.63, 3.8) is 0 Å². The number of ether oxygens (including phenoxy) is 1. The van der Waals surface area contributed by atoms with Gasteiger partial charge in [-0.1, -0.05) is 29.4 Å². The van der Waals surface area contributed by atoms with Crippen LogP contribution in [0.15, 0.2) is 28.8 Å². The Hall–Kier alpha value is -2.30. The first-order valence-electron chi connectivity index (χ1n) is 4.71. The maximum Gasteiger partial charge on any atom is 0.362 e. The van der Waals surface area contributed by atoms with E-state index in [-0.39, 0.29) is 11.4 Å². The van der Waals surface area contributed by atoms with Crippen LogP contribution in [0.3, 0.4) is 0 Å². The largest absolute Gasteiger partial charge is 0.482 e. The van der Waals surface area contributed by atoms with E-state index in [1.807, 2.05) is 24.3 Å². The van der Waals surface area contributed by atoms with Crippen LogP contribution >= 0.6 is 0 Å². The molecule has 0 saturated carbocycles. The third kappa shape index (κ3) is 1.11. The van der Waals surface area contributed by atoms with Gasteiger partial charge in [-0.15, -0.1) is 0 Å². The first-order valence-corrected chi connectivity index (χ1v) is 4.71. The zero-order valence-electron chi connectivity index (χ0n) is 8.14. The predicted molar refractivity (Wildman–Crippen MR) is 53.2 cm³/mol. The van der Waals surface area contributed by atoms with Gasteiger partial charge in [-0.25, -0.2) is 4.79 Å². The molecule has 2 heterocycles. The number of carboxylic acids is 1. The SMILES string of the molecule is O=C(O)c1noc2c1OCc1ccccc1-2. The smallest absolute Gasteiger partial charge is 0.362 e. The summed E-state index contributed by atoms with van der Waals surface area (Å²) in [5.41, 5.74) is 1.62. The van der Waals surface area contributed by atoms with Crippen LogP contribution in [0.2, 0.25) is 0 Å². The molecular weight excluding hydrogens is 210 g/mol. The lowest BCUT2D eigenvalue weighted by molar-refractivity contribution is 0.0681. The summed E-state index contributed by atoms with van der Waals surface area (Å²) >= 11 is 0. The summed E-state index contributed by atoms with van der Waals surface area (Å²) < 4.78 is 10.4. The van der Waals surface area contributed by atoms with E-state index in [0.29, 0.717) is 12.4 Å². The maximum atomic E-state index is 10.8. The van der Waals surface area contributed by atoms with Gasteiger partial charge >= 0.3 is 5.97 Å². The van der Waals surface area contributed by atoms with Crippen molar-refractivity contribution in [3.8, 4) is 17.1 Å². The molecule has 1 aromatic heterocycles. The van der Waals surface area contributed by atoms with E-state index in [2.05, 4.69) is 5.16 Å². The number of fused-ring (bicyclic) bond motifs is 3. The molecule has 16 heavy (non-hydrogen) atoms. The van der Waals surface area contributed by atoms with Crippen molar-refractivity contribution in [2.75, 3.05) is 0 Å². The van der Waals surface area contributed by atoms with Crippen molar-refractivity contribution in [2.24, 2.45) is 0 Å². The molecule has 0 saturated heterocycles. The van der Waals surface area contributed by atoms with Crippen LogP contribution in [0.5, 0.6) is 5.75 Å². The normalized spacial score (nSPS) is 12.5. The van der Waals surface area contributed by atoms with Crippen molar-refractivity contribution in [3.05, 3.63) is 35.5 Å². The van der Waals surface area contributed by atoms with Gasteiger partial charge in [0.05, 0.1) is 0 Å². The zero-order valence-corrected chi connectivity index (χ0v) is 8.14. The lowest BCUT2D eigenvalue weighted by atomic mass is 10.0. The molecule has 80 valence electrons. The molecule has 0 bridgehead atoms. The summed E-state index contributed by atoms with van der Waals surface area (Å²) in [5, 5.41) is 12.4. The van der Waals surface area contributed by atoms with Crippen molar-refractivity contribution in [2.45, 2.75) is 6.61 Å². The minimum absolute atomic E-state index is 0.176. The maximum absolute atomic E-state index is 10.8. The fraction of sp³-hybridized carbons (Fsp3) is 0.0909. The van der Waals surface area contributed by atoms with Crippen LogP contribution in [0.4, 0.5) is 0 Å². The molecule has 1 aliphatic rings. The monoisotopic (exact) mass is 217 g/mol. The van der Waals surface area contributed by atoms with E-state index >= 15 is 0 Å². The highest BCUT2D eigenvalue weighted by atomic mass is 16.5. The van der Waals surface area contributed by atoms with E-state index in [0.717, 1.165) is 11.1 Å². The Morgan fingerprint density at radius 3 is 3.00 bits per heavy atom. The Morgan fingerprint density at radius 1 is 1.38 bits per heavy atom. The molecule has 2 aromatic rings. The third-order valence-corrected chi connectivity index (χ3v) is 2.49. The molecule has 0 fully saturated rings. The van der Waals surface area contributed by atoms with E-state index in [1.54, 1.807) is 0 Å². The molecule has 0 radical (unpaired) electrons.